The van der Waals surface area contributed by atoms with Gasteiger partial charge in [0.05, 0.1) is 13.0 Å². The van der Waals surface area contributed by atoms with E-state index in [0.717, 1.165) is 30.9 Å². The molecule has 1 saturated heterocycles. The number of carbonyl (C=O) groups excluding carboxylic acids is 1. The standard InChI is InChI=1S/C14H20N2O2.ClH/c1-10(12-4-3-5-13(6-12)18-2)14(17)16-9-11-7-15-8-11;/h3-6,10-11,15H,7-9H2,1-2H3,(H,16,17);1H. The van der Waals surface area contributed by atoms with Crippen LogP contribution in [-0.4, -0.2) is 32.7 Å². The molecular formula is C14H21ClN2O2. The molecule has 0 bridgehead atoms. The summed E-state index contributed by atoms with van der Waals surface area (Å²) < 4.78 is 5.17. The molecule has 1 unspecified atom stereocenters. The van der Waals surface area contributed by atoms with Gasteiger partial charge in [-0.1, -0.05) is 12.1 Å². The van der Waals surface area contributed by atoms with E-state index in [1.807, 2.05) is 31.2 Å². The molecule has 0 aromatic heterocycles. The Labute approximate surface area is 120 Å². The number of methoxy groups -OCH3 is 1. The van der Waals surface area contributed by atoms with E-state index < -0.39 is 0 Å². The fourth-order valence-corrected chi connectivity index (χ4v) is 1.95. The molecule has 0 aliphatic carbocycles. The zero-order chi connectivity index (χ0) is 13.0. The van der Waals surface area contributed by atoms with Gasteiger partial charge in [-0.05, 0) is 24.6 Å². The Bertz CT molecular complexity index is 422. The second kappa shape index (κ2) is 7.36. The lowest BCUT2D eigenvalue weighted by atomic mass is 9.99. The smallest absolute Gasteiger partial charge is 0.227 e. The number of amides is 1. The van der Waals surface area contributed by atoms with E-state index in [2.05, 4.69) is 10.6 Å². The molecule has 19 heavy (non-hydrogen) atoms. The Hall–Kier alpha value is -1.26. The maximum atomic E-state index is 12.0. The molecule has 1 aromatic rings. The van der Waals surface area contributed by atoms with Crippen LogP contribution in [0.15, 0.2) is 24.3 Å². The molecule has 4 nitrogen and oxygen atoms in total. The number of benzene rings is 1. The van der Waals surface area contributed by atoms with E-state index in [1.54, 1.807) is 7.11 Å². The lowest BCUT2D eigenvalue weighted by Crippen LogP contribution is -2.48. The highest BCUT2D eigenvalue weighted by Crippen LogP contribution is 2.20. The third-order valence-electron chi connectivity index (χ3n) is 3.42. The molecule has 0 spiro atoms. The molecular weight excluding hydrogens is 264 g/mol. The summed E-state index contributed by atoms with van der Waals surface area (Å²) in [4.78, 5) is 12.0. The highest BCUT2D eigenvalue weighted by molar-refractivity contribution is 5.85. The molecule has 1 fully saturated rings. The van der Waals surface area contributed by atoms with Crippen molar-refractivity contribution in [3.8, 4) is 5.75 Å². The fraction of sp³-hybridized carbons (Fsp3) is 0.500. The van der Waals surface area contributed by atoms with Gasteiger partial charge in [-0.2, -0.15) is 0 Å². The third-order valence-corrected chi connectivity index (χ3v) is 3.42. The molecule has 106 valence electrons. The van der Waals surface area contributed by atoms with Crippen LogP contribution in [0.2, 0.25) is 0 Å². The third kappa shape index (κ3) is 4.11. The summed E-state index contributed by atoms with van der Waals surface area (Å²) in [6.45, 7) is 4.70. The summed E-state index contributed by atoms with van der Waals surface area (Å²) in [5, 5.41) is 6.19. The van der Waals surface area contributed by atoms with E-state index in [-0.39, 0.29) is 24.2 Å². The molecule has 1 aliphatic rings. The first kappa shape index (κ1) is 15.8. The second-order valence-electron chi connectivity index (χ2n) is 4.77. The van der Waals surface area contributed by atoms with Gasteiger partial charge in [0.25, 0.3) is 0 Å². The van der Waals surface area contributed by atoms with Crippen molar-refractivity contribution in [2.45, 2.75) is 12.8 Å². The summed E-state index contributed by atoms with van der Waals surface area (Å²) in [5.74, 6) is 1.31. The Balaban J connectivity index is 0.00000180. The average Bonchev–Trinajstić information content (AvgIpc) is 2.36. The van der Waals surface area contributed by atoms with Gasteiger partial charge in [-0.3, -0.25) is 4.79 Å². The highest BCUT2D eigenvalue weighted by Gasteiger charge is 2.20. The van der Waals surface area contributed by atoms with Gasteiger partial charge >= 0.3 is 0 Å². The Morgan fingerprint density at radius 1 is 1.53 bits per heavy atom. The monoisotopic (exact) mass is 284 g/mol. The van der Waals surface area contributed by atoms with E-state index in [9.17, 15) is 4.79 Å². The van der Waals surface area contributed by atoms with Crippen LogP contribution in [-0.2, 0) is 4.79 Å². The summed E-state index contributed by atoms with van der Waals surface area (Å²) in [5.41, 5.74) is 0.985. The average molecular weight is 285 g/mol. The molecule has 1 amide bonds. The van der Waals surface area contributed by atoms with Gasteiger partial charge in [-0.15, -0.1) is 12.4 Å². The van der Waals surface area contributed by atoms with E-state index in [1.165, 1.54) is 0 Å². The summed E-state index contributed by atoms with van der Waals surface area (Å²) in [7, 11) is 1.63. The molecule has 1 atom stereocenters. The van der Waals surface area contributed by atoms with Crippen molar-refractivity contribution in [1.82, 2.24) is 10.6 Å². The maximum Gasteiger partial charge on any atom is 0.227 e. The first-order chi connectivity index (χ1) is 8.70. The second-order valence-corrected chi connectivity index (χ2v) is 4.77. The summed E-state index contributed by atoms with van der Waals surface area (Å²) >= 11 is 0. The molecule has 0 saturated carbocycles. The zero-order valence-electron chi connectivity index (χ0n) is 11.3. The Morgan fingerprint density at radius 2 is 2.26 bits per heavy atom. The van der Waals surface area contributed by atoms with Crippen molar-refractivity contribution < 1.29 is 9.53 Å². The van der Waals surface area contributed by atoms with Crippen LogP contribution >= 0.6 is 12.4 Å². The fourth-order valence-electron chi connectivity index (χ4n) is 1.95. The molecule has 2 N–H and O–H groups in total. The van der Waals surface area contributed by atoms with Gasteiger partial charge in [0, 0.05) is 25.6 Å². The van der Waals surface area contributed by atoms with Crippen molar-refractivity contribution in [3.63, 3.8) is 0 Å². The number of carbonyl (C=O) groups is 1. The number of halogens is 1. The molecule has 1 heterocycles. The lowest BCUT2D eigenvalue weighted by molar-refractivity contribution is -0.122. The number of ether oxygens (including phenoxy) is 1. The van der Waals surface area contributed by atoms with Gasteiger partial charge < -0.3 is 15.4 Å². The summed E-state index contributed by atoms with van der Waals surface area (Å²) in [6, 6.07) is 7.66. The SMILES string of the molecule is COc1cccc(C(C)C(=O)NCC2CNC2)c1.Cl. The van der Waals surface area contributed by atoms with Gasteiger partial charge in [0.2, 0.25) is 5.91 Å². The van der Waals surface area contributed by atoms with Gasteiger partial charge in [0.1, 0.15) is 5.75 Å². The predicted molar refractivity (Wildman–Crippen MR) is 78.0 cm³/mol. The normalized spacial score (nSPS) is 15.9. The van der Waals surface area contributed by atoms with E-state index >= 15 is 0 Å². The van der Waals surface area contributed by atoms with Crippen LogP contribution in [0.5, 0.6) is 5.75 Å². The number of nitrogens with one attached hydrogen (secondary N) is 2. The quantitative estimate of drug-likeness (QED) is 0.863. The van der Waals surface area contributed by atoms with Crippen molar-refractivity contribution in [1.29, 1.82) is 0 Å². The van der Waals surface area contributed by atoms with Crippen molar-refractivity contribution in [2.75, 3.05) is 26.7 Å². The molecule has 2 rings (SSSR count). The maximum absolute atomic E-state index is 12.0. The van der Waals surface area contributed by atoms with Crippen molar-refractivity contribution >= 4 is 18.3 Å². The van der Waals surface area contributed by atoms with Crippen LogP contribution in [0.25, 0.3) is 0 Å². The molecule has 5 heteroatoms. The van der Waals surface area contributed by atoms with Crippen LogP contribution in [0, 0.1) is 5.92 Å². The first-order valence-electron chi connectivity index (χ1n) is 6.33. The molecule has 0 radical (unpaired) electrons. The number of hydrogen-bond acceptors (Lipinski definition) is 3. The number of hydrogen-bond donors (Lipinski definition) is 2. The van der Waals surface area contributed by atoms with Crippen molar-refractivity contribution in [3.05, 3.63) is 29.8 Å². The molecule has 1 aromatic carbocycles. The zero-order valence-corrected chi connectivity index (χ0v) is 12.1. The van der Waals surface area contributed by atoms with E-state index in [0.29, 0.717) is 5.92 Å². The largest absolute Gasteiger partial charge is 0.497 e. The summed E-state index contributed by atoms with van der Waals surface area (Å²) in [6.07, 6.45) is 0. The van der Waals surface area contributed by atoms with Crippen molar-refractivity contribution in [2.24, 2.45) is 5.92 Å². The predicted octanol–water partition coefficient (Wildman–Crippen LogP) is 1.56. The van der Waals surface area contributed by atoms with Gasteiger partial charge in [0.15, 0.2) is 0 Å². The topological polar surface area (TPSA) is 50.4 Å². The Morgan fingerprint density at radius 3 is 2.84 bits per heavy atom. The minimum absolute atomic E-state index is 0. The van der Waals surface area contributed by atoms with Crippen LogP contribution < -0.4 is 15.4 Å². The number of rotatable bonds is 5. The minimum Gasteiger partial charge on any atom is -0.497 e. The van der Waals surface area contributed by atoms with E-state index in [4.69, 9.17) is 4.74 Å². The highest BCUT2D eigenvalue weighted by atomic mass is 35.5. The Kier molecular flexibility index (Phi) is 6.12. The first-order valence-corrected chi connectivity index (χ1v) is 6.33. The van der Waals surface area contributed by atoms with Crippen LogP contribution in [0.3, 0.4) is 0 Å². The van der Waals surface area contributed by atoms with Crippen LogP contribution in [0.4, 0.5) is 0 Å². The molecule has 1 aliphatic heterocycles. The minimum atomic E-state index is -0.145. The lowest BCUT2D eigenvalue weighted by Gasteiger charge is -2.27. The van der Waals surface area contributed by atoms with Crippen LogP contribution in [0.1, 0.15) is 18.4 Å². The van der Waals surface area contributed by atoms with Gasteiger partial charge in [-0.25, -0.2) is 0 Å².